The number of aromatic hydroxyl groups is 1. The molecule has 0 spiro atoms. The van der Waals surface area contributed by atoms with Crippen LogP contribution in [0.15, 0.2) is 36.4 Å². The van der Waals surface area contributed by atoms with Gasteiger partial charge in [-0.05, 0) is 66.4 Å². The second-order valence-corrected chi connectivity index (χ2v) is 4.68. The van der Waals surface area contributed by atoms with Crippen molar-refractivity contribution >= 4 is 11.6 Å². The molecule has 0 aliphatic heterocycles. The van der Waals surface area contributed by atoms with Crippen molar-refractivity contribution in [2.24, 2.45) is 0 Å². The molecule has 0 aromatic heterocycles. The maximum Gasteiger partial charge on any atom is 0.123 e. The largest absolute Gasteiger partial charge is 0.507 e. The zero-order valence-electron chi connectivity index (χ0n) is 11.3. The van der Waals surface area contributed by atoms with Gasteiger partial charge in [0.15, 0.2) is 0 Å². The summed E-state index contributed by atoms with van der Waals surface area (Å²) >= 11 is 0. The van der Waals surface area contributed by atoms with Crippen molar-refractivity contribution < 1.29 is 9.50 Å². The number of nitriles is 1. The van der Waals surface area contributed by atoms with E-state index in [9.17, 15) is 14.8 Å². The van der Waals surface area contributed by atoms with E-state index in [1.54, 1.807) is 18.2 Å². The first-order valence-corrected chi connectivity index (χ1v) is 6.19. The van der Waals surface area contributed by atoms with Gasteiger partial charge in [-0.25, -0.2) is 4.39 Å². The maximum atomic E-state index is 12.9. The van der Waals surface area contributed by atoms with Crippen LogP contribution in [0.5, 0.6) is 5.75 Å². The topological polar surface area (TPSA) is 44.0 Å². The SMILES string of the molecule is Cc1cc(/C=C(/C#N)c2ccc(F)cc2)cc(C)c1O. The second-order valence-electron chi connectivity index (χ2n) is 4.68. The molecule has 0 saturated heterocycles. The van der Waals surface area contributed by atoms with E-state index < -0.39 is 0 Å². The molecule has 0 bridgehead atoms. The van der Waals surface area contributed by atoms with E-state index in [4.69, 9.17) is 0 Å². The van der Waals surface area contributed by atoms with E-state index >= 15 is 0 Å². The van der Waals surface area contributed by atoms with Gasteiger partial charge in [-0.3, -0.25) is 0 Å². The Balaban J connectivity index is 2.47. The summed E-state index contributed by atoms with van der Waals surface area (Å²) in [4.78, 5) is 0. The zero-order valence-corrected chi connectivity index (χ0v) is 11.3. The van der Waals surface area contributed by atoms with Gasteiger partial charge in [0.1, 0.15) is 11.6 Å². The number of nitrogens with zero attached hydrogens (tertiary/aromatic N) is 1. The highest BCUT2D eigenvalue weighted by Gasteiger charge is 2.05. The number of allylic oxidation sites excluding steroid dienone is 1. The van der Waals surface area contributed by atoms with Gasteiger partial charge in [0, 0.05) is 0 Å². The molecular formula is C17H14FNO. The molecule has 0 amide bonds. The first kappa shape index (κ1) is 13.8. The van der Waals surface area contributed by atoms with Crippen molar-refractivity contribution in [2.45, 2.75) is 13.8 Å². The Kier molecular flexibility index (Phi) is 3.86. The number of benzene rings is 2. The van der Waals surface area contributed by atoms with Crippen molar-refractivity contribution in [3.05, 3.63) is 64.5 Å². The van der Waals surface area contributed by atoms with Gasteiger partial charge >= 0.3 is 0 Å². The summed E-state index contributed by atoms with van der Waals surface area (Å²) in [6, 6.07) is 11.5. The number of aryl methyl sites for hydroxylation is 2. The van der Waals surface area contributed by atoms with E-state index in [2.05, 4.69) is 6.07 Å². The average molecular weight is 267 g/mol. The van der Waals surface area contributed by atoms with Crippen LogP contribution < -0.4 is 0 Å². The zero-order chi connectivity index (χ0) is 14.7. The van der Waals surface area contributed by atoms with Crippen molar-refractivity contribution in [3.8, 4) is 11.8 Å². The lowest BCUT2D eigenvalue weighted by Gasteiger charge is -2.06. The molecule has 2 aromatic carbocycles. The van der Waals surface area contributed by atoms with Gasteiger partial charge in [-0.15, -0.1) is 0 Å². The van der Waals surface area contributed by atoms with E-state index in [-0.39, 0.29) is 11.6 Å². The molecule has 0 aliphatic rings. The normalized spacial score (nSPS) is 11.2. The minimum atomic E-state index is -0.331. The number of hydrogen-bond donors (Lipinski definition) is 1. The molecule has 3 heteroatoms. The molecule has 0 radical (unpaired) electrons. The number of rotatable bonds is 2. The first-order valence-electron chi connectivity index (χ1n) is 6.19. The van der Waals surface area contributed by atoms with E-state index in [1.165, 1.54) is 12.1 Å². The second kappa shape index (κ2) is 5.58. The third-order valence-corrected chi connectivity index (χ3v) is 3.10. The van der Waals surface area contributed by atoms with Gasteiger partial charge in [-0.2, -0.15) is 5.26 Å². The predicted octanol–water partition coefficient (Wildman–Crippen LogP) is 4.21. The molecular weight excluding hydrogens is 253 g/mol. The predicted molar refractivity (Wildman–Crippen MR) is 77.5 cm³/mol. The van der Waals surface area contributed by atoms with Crippen LogP contribution in [0.25, 0.3) is 11.6 Å². The lowest BCUT2D eigenvalue weighted by Crippen LogP contribution is -1.86. The van der Waals surface area contributed by atoms with Gasteiger partial charge in [0.2, 0.25) is 0 Å². The monoisotopic (exact) mass is 267 g/mol. The van der Waals surface area contributed by atoms with Crippen LogP contribution in [0.4, 0.5) is 4.39 Å². The molecule has 1 N–H and O–H groups in total. The van der Waals surface area contributed by atoms with Crippen LogP contribution in [0.1, 0.15) is 22.3 Å². The number of halogens is 1. The van der Waals surface area contributed by atoms with Crippen LogP contribution in [0.2, 0.25) is 0 Å². The fourth-order valence-electron chi connectivity index (χ4n) is 2.05. The first-order chi connectivity index (χ1) is 9.51. The Morgan fingerprint density at radius 1 is 1.15 bits per heavy atom. The fraction of sp³-hybridized carbons (Fsp3) is 0.118. The Hall–Kier alpha value is -2.60. The Morgan fingerprint density at radius 2 is 1.70 bits per heavy atom. The molecule has 0 atom stereocenters. The summed E-state index contributed by atoms with van der Waals surface area (Å²) in [7, 11) is 0. The van der Waals surface area contributed by atoms with Crippen LogP contribution in [-0.4, -0.2) is 5.11 Å². The lowest BCUT2D eigenvalue weighted by molar-refractivity contribution is 0.467. The van der Waals surface area contributed by atoms with Crippen molar-refractivity contribution in [2.75, 3.05) is 0 Å². The Labute approximate surface area is 117 Å². The highest BCUT2D eigenvalue weighted by Crippen LogP contribution is 2.25. The average Bonchev–Trinajstić information content (AvgIpc) is 2.43. The molecule has 0 heterocycles. The lowest BCUT2D eigenvalue weighted by atomic mass is 10.0. The van der Waals surface area contributed by atoms with E-state index in [0.717, 1.165) is 16.7 Å². The highest BCUT2D eigenvalue weighted by atomic mass is 19.1. The molecule has 0 aliphatic carbocycles. The van der Waals surface area contributed by atoms with Crippen LogP contribution in [0, 0.1) is 31.0 Å². The van der Waals surface area contributed by atoms with Crippen molar-refractivity contribution in [3.63, 3.8) is 0 Å². The van der Waals surface area contributed by atoms with E-state index in [1.807, 2.05) is 26.0 Å². The molecule has 2 nitrogen and oxygen atoms in total. The smallest absolute Gasteiger partial charge is 0.123 e. The molecule has 2 rings (SSSR count). The van der Waals surface area contributed by atoms with Crippen molar-refractivity contribution in [1.82, 2.24) is 0 Å². The third kappa shape index (κ3) is 2.86. The minimum Gasteiger partial charge on any atom is -0.507 e. The van der Waals surface area contributed by atoms with E-state index in [0.29, 0.717) is 11.1 Å². The minimum absolute atomic E-state index is 0.266. The fourth-order valence-corrected chi connectivity index (χ4v) is 2.05. The molecule has 100 valence electrons. The summed E-state index contributed by atoms with van der Waals surface area (Å²) < 4.78 is 12.9. The van der Waals surface area contributed by atoms with Crippen molar-refractivity contribution in [1.29, 1.82) is 5.26 Å². The number of hydrogen-bond acceptors (Lipinski definition) is 2. The Bertz CT molecular complexity index is 686. The quantitative estimate of drug-likeness (QED) is 0.654. The summed E-state index contributed by atoms with van der Waals surface area (Å²) in [5, 5.41) is 19.0. The van der Waals surface area contributed by atoms with Gasteiger partial charge in [-0.1, -0.05) is 12.1 Å². The van der Waals surface area contributed by atoms with Gasteiger partial charge < -0.3 is 5.11 Å². The molecule has 0 saturated carbocycles. The summed E-state index contributed by atoms with van der Waals surface area (Å²) in [5.74, 6) is -0.0650. The van der Waals surface area contributed by atoms with Gasteiger partial charge in [0.05, 0.1) is 11.6 Å². The standard InChI is InChI=1S/C17H14FNO/c1-11-7-13(8-12(2)17(11)20)9-15(10-19)14-3-5-16(18)6-4-14/h3-9,20H,1-2H3/b15-9-. The summed E-state index contributed by atoms with van der Waals surface area (Å²) in [6.07, 6.45) is 1.73. The Morgan fingerprint density at radius 3 is 2.20 bits per heavy atom. The summed E-state index contributed by atoms with van der Waals surface area (Å²) in [6.45, 7) is 3.62. The highest BCUT2D eigenvalue weighted by molar-refractivity contribution is 5.89. The molecule has 2 aromatic rings. The van der Waals surface area contributed by atoms with Crippen LogP contribution in [-0.2, 0) is 0 Å². The maximum absolute atomic E-state index is 12.9. The number of phenolic OH excluding ortho intramolecular Hbond substituents is 1. The van der Waals surface area contributed by atoms with Crippen LogP contribution >= 0.6 is 0 Å². The summed E-state index contributed by atoms with van der Waals surface area (Å²) in [5.41, 5.74) is 3.46. The number of phenols is 1. The molecule has 0 fully saturated rings. The third-order valence-electron chi connectivity index (χ3n) is 3.10. The molecule has 20 heavy (non-hydrogen) atoms. The molecule has 0 unspecified atom stereocenters. The van der Waals surface area contributed by atoms with Gasteiger partial charge in [0.25, 0.3) is 0 Å². The van der Waals surface area contributed by atoms with Crippen LogP contribution in [0.3, 0.4) is 0 Å².